The van der Waals surface area contributed by atoms with E-state index in [0.29, 0.717) is 23.9 Å². The molecule has 2 aliphatic heterocycles. The lowest BCUT2D eigenvalue weighted by atomic mass is 9.86. The number of likely N-dealkylation sites (tertiary alicyclic amines) is 1. The van der Waals surface area contributed by atoms with Gasteiger partial charge in [-0.3, -0.25) is 4.79 Å². The van der Waals surface area contributed by atoms with Crippen LogP contribution < -0.4 is 10.1 Å². The maximum Gasteiger partial charge on any atom is 0.251 e. The van der Waals surface area contributed by atoms with Gasteiger partial charge < -0.3 is 15.0 Å². The van der Waals surface area contributed by atoms with Crippen LogP contribution in [0.2, 0.25) is 0 Å². The third kappa shape index (κ3) is 2.78. The second kappa shape index (κ2) is 6.15. The molecule has 2 aliphatic rings. The molecular weight excluding hydrogens is 319 g/mol. The fraction of sp³-hybridized carbons (Fsp3) is 0.350. The zero-order valence-corrected chi connectivity index (χ0v) is 14.4. The van der Waals surface area contributed by atoms with Gasteiger partial charge in [0.15, 0.2) is 11.6 Å². The topological polar surface area (TPSA) is 41.6 Å². The molecule has 0 aliphatic carbocycles. The minimum atomic E-state index is -0.406. The first kappa shape index (κ1) is 16.1. The van der Waals surface area contributed by atoms with Gasteiger partial charge in [0.05, 0.1) is 7.11 Å². The number of nitrogens with one attached hydrogen (secondary N) is 1. The molecule has 2 atom stereocenters. The molecule has 5 heteroatoms. The summed E-state index contributed by atoms with van der Waals surface area (Å²) >= 11 is 0. The van der Waals surface area contributed by atoms with Crippen molar-refractivity contribution in [3.63, 3.8) is 0 Å². The lowest BCUT2D eigenvalue weighted by molar-refractivity contribution is 0.0951. The van der Waals surface area contributed by atoms with Gasteiger partial charge in [0.25, 0.3) is 5.91 Å². The van der Waals surface area contributed by atoms with E-state index in [1.54, 1.807) is 6.07 Å². The molecule has 2 heterocycles. The molecule has 2 aromatic carbocycles. The predicted molar refractivity (Wildman–Crippen MR) is 94.4 cm³/mol. The summed E-state index contributed by atoms with van der Waals surface area (Å²) in [6, 6.07) is 10.8. The van der Waals surface area contributed by atoms with Gasteiger partial charge in [0, 0.05) is 31.1 Å². The summed E-state index contributed by atoms with van der Waals surface area (Å²) in [6.45, 7) is 2.66. The molecule has 0 unspecified atom stereocenters. The Morgan fingerprint density at radius 2 is 1.92 bits per heavy atom. The molecule has 130 valence electrons. The number of nitrogens with zero attached hydrogens (tertiary/aromatic N) is 1. The number of halogens is 1. The molecule has 1 amide bonds. The maximum atomic E-state index is 14.0. The number of fused-ring (bicyclic) bond motifs is 3. The number of rotatable bonds is 2. The molecule has 0 radical (unpaired) electrons. The number of hydrogen-bond donors (Lipinski definition) is 1. The van der Waals surface area contributed by atoms with E-state index in [0.717, 1.165) is 29.8 Å². The number of carbonyl (C=O) groups excluding carboxylic acids is 1. The number of amides is 1. The smallest absolute Gasteiger partial charge is 0.251 e. The van der Waals surface area contributed by atoms with Crippen molar-refractivity contribution < 1.29 is 13.9 Å². The van der Waals surface area contributed by atoms with E-state index in [9.17, 15) is 9.18 Å². The van der Waals surface area contributed by atoms with Crippen LogP contribution in [-0.4, -0.2) is 44.6 Å². The summed E-state index contributed by atoms with van der Waals surface area (Å²) in [5.74, 6) is 0.577. The zero-order valence-electron chi connectivity index (χ0n) is 14.4. The standard InChI is InChI=1S/C20H21FN2O2/c1-23-10-14-9-22-20(24)16-7-12(3-5-15(16)17(14)11-23)13-4-6-19(25-2)18(21)8-13/h3-8,14,17H,9-11H2,1-2H3,(H,22,24)/t14-,17-/m0/s1. The molecular formula is C20H21FN2O2. The Morgan fingerprint density at radius 3 is 2.68 bits per heavy atom. The molecule has 0 bridgehead atoms. The SMILES string of the molecule is COc1ccc(-c2ccc3c(c2)C(=O)NC[C@H]2CN(C)C[C@H]32)cc1F. The first-order chi connectivity index (χ1) is 12.1. The number of hydrogen-bond acceptors (Lipinski definition) is 3. The molecule has 1 saturated heterocycles. The predicted octanol–water partition coefficient (Wildman–Crippen LogP) is 2.89. The largest absolute Gasteiger partial charge is 0.494 e. The molecule has 25 heavy (non-hydrogen) atoms. The van der Waals surface area contributed by atoms with E-state index < -0.39 is 5.82 Å². The van der Waals surface area contributed by atoms with Crippen LogP contribution in [0.3, 0.4) is 0 Å². The van der Waals surface area contributed by atoms with Crippen LogP contribution in [-0.2, 0) is 0 Å². The highest BCUT2D eigenvalue weighted by molar-refractivity contribution is 5.97. The van der Waals surface area contributed by atoms with Crippen LogP contribution in [0.5, 0.6) is 5.75 Å². The minimum absolute atomic E-state index is 0.0390. The molecule has 0 aromatic heterocycles. The van der Waals surface area contributed by atoms with Crippen LogP contribution in [0.4, 0.5) is 4.39 Å². The van der Waals surface area contributed by atoms with Crippen molar-refractivity contribution in [3.05, 3.63) is 53.3 Å². The number of benzene rings is 2. The van der Waals surface area contributed by atoms with E-state index in [1.165, 1.54) is 13.2 Å². The van der Waals surface area contributed by atoms with E-state index in [-0.39, 0.29) is 11.7 Å². The van der Waals surface area contributed by atoms with Crippen molar-refractivity contribution in [1.82, 2.24) is 10.2 Å². The van der Waals surface area contributed by atoms with Crippen molar-refractivity contribution in [3.8, 4) is 16.9 Å². The van der Waals surface area contributed by atoms with Gasteiger partial charge >= 0.3 is 0 Å². The molecule has 0 saturated carbocycles. The van der Waals surface area contributed by atoms with Crippen molar-refractivity contribution in [2.75, 3.05) is 33.8 Å². The quantitative estimate of drug-likeness (QED) is 0.914. The molecule has 4 nitrogen and oxygen atoms in total. The molecule has 4 rings (SSSR count). The summed E-state index contributed by atoms with van der Waals surface area (Å²) in [4.78, 5) is 14.9. The summed E-state index contributed by atoms with van der Waals surface area (Å²) in [6.07, 6.45) is 0. The van der Waals surface area contributed by atoms with Crippen molar-refractivity contribution in [2.24, 2.45) is 5.92 Å². The van der Waals surface area contributed by atoms with Gasteiger partial charge in [-0.2, -0.15) is 0 Å². The van der Waals surface area contributed by atoms with Crippen molar-refractivity contribution >= 4 is 5.91 Å². The van der Waals surface area contributed by atoms with Gasteiger partial charge in [-0.15, -0.1) is 0 Å². The lowest BCUT2D eigenvalue weighted by Crippen LogP contribution is -2.29. The fourth-order valence-corrected chi connectivity index (χ4v) is 4.07. The molecule has 2 aromatic rings. The second-order valence-corrected chi connectivity index (χ2v) is 6.95. The Balaban J connectivity index is 1.76. The summed E-state index contributed by atoms with van der Waals surface area (Å²) in [5.41, 5.74) is 3.37. The number of carbonyl (C=O) groups is 1. The second-order valence-electron chi connectivity index (χ2n) is 6.95. The normalized spacial score (nSPS) is 22.8. The zero-order chi connectivity index (χ0) is 17.6. The average Bonchev–Trinajstić information content (AvgIpc) is 2.94. The van der Waals surface area contributed by atoms with Gasteiger partial charge in [-0.1, -0.05) is 18.2 Å². The van der Waals surface area contributed by atoms with Crippen molar-refractivity contribution in [2.45, 2.75) is 5.92 Å². The van der Waals surface area contributed by atoms with E-state index in [1.807, 2.05) is 24.3 Å². The molecule has 1 fully saturated rings. The molecule has 1 N–H and O–H groups in total. The number of ether oxygens (including phenoxy) is 1. The Kier molecular flexibility index (Phi) is 3.96. The first-order valence-electron chi connectivity index (χ1n) is 8.51. The Labute approximate surface area is 146 Å². The van der Waals surface area contributed by atoms with Crippen LogP contribution in [0, 0.1) is 11.7 Å². The van der Waals surface area contributed by atoms with E-state index in [2.05, 4.69) is 17.3 Å². The number of likely N-dealkylation sites (N-methyl/N-ethyl adjacent to an activating group) is 1. The third-order valence-corrected chi connectivity index (χ3v) is 5.33. The van der Waals surface area contributed by atoms with Crippen LogP contribution in [0.15, 0.2) is 36.4 Å². The van der Waals surface area contributed by atoms with Gasteiger partial charge in [0.2, 0.25) is 0 Å². The maximum absolute atomic E-state index is 14.0. The first-order valence-corrected chi connectivity index (χ1v) is 8.51. The number of methoxy groups -OCH3 is 1. The Morgan fingerprint density at radius 1 is 1.16 bits per heavy atom. The van der Waals surface area contributed by atoms with E-state index in [4.69, 9.17) is 4.74 Å². The third-order valence-electron chi connectivity index (χ3n) is 5.33. The minimum Gasteiger partial charge on any atom is -0.494 e. The van der Waals surface area contributed by atoms with Crippen LogP contribution in [0.25, 0.3) is 11.1 Å². The average molecular weight is 340 g/mol. The van der Waals surface area contributed by atoms with Gasteiger partial charge in [-0.25, -0.2) is 4.39 Å². The highest BCUT2D eigenvalue weighted by Gasteiger charge is 2.36. The summed E-state index contributed by atoms with van der Waals surface area (Å²) < 4.78 is 19.0. The van der Waals surface area contributed by atoms with Crippen molar-refractivity contribution in [1.29, 1.82) is 0 Å². The molecule has 0 spiro atoms. The monoisotopic (exact) mass is 340 g/mol. The van der Waals surface area contributed by atoms with E-state index >= 15 is 0 Å². The fourth-order valence-electron chi connectivity index (χ4n) is 4.07. The van der Waals surface area contributed by atoms with Gasteiger partial charge in [0.1, 0.15) is 0 Å². The highest BCUT2D eigenvalue weighted by atomic mass is 19.1. The summed E-state index contributed by atoms with van der Waals surface area (Å²) in [7, 11) is 3.56. The Bertz CT molecular complexity index is 836. The van der Waals surface area contributed by atoms with Crippen LogP contribution >= 0.6 is 0 Å². The Hall–Kier alpha value is -2.40. The summed E-state index contributed by atoms with van der Waals surface area (Å²) in [5, 5.41) is 3.04. The highest BCUT2D eigenvalue weighted by Crippen LogP contribution is 2.37. The van der Waals surface area contributed by atoms with Gasteiger partial charge in [-0.05, 0) is 47.9 Å². The lowest BCUT2D eigenvalue weighted by Gasteiger charge is -2.17. The van der Waals surface area contributed by atoms with Crippen LogP contribution in [0.1, 0.15) is 21.8 Å².